The number of anilines is 1. The minimum absolute atomic E-state index is 0.121. The number of hydrogen-bond donors (Lipinski definition) is 2. The van der Waals surface area contributed by atoms with Gasteiger partial charge in [-0.15, -0.1) is 11.3 Å². The van der Waals surface area contributed by atoms with Crippen molar-refractivity contribution in [3.05, 3.63) is 11.1 Å². The Kier molecular flexibility index (Phi) is 5.09. The van der Waals surface area contributed by atoms with Crippen molar-refractivity contribution in [3.63, 3.8) is 0 Å². The van der Waals surface area contributed by atoms with Gasteiger partial charge in [-0.25, -0.2) is 9.78 Å². The highest BCUT2D eigenvalue weighted by Gasteiger charge is 2.19. The van der Waals surface area contributed by atoms with Crippen LogP contribution in [-0.4, -0.2) is 52.3 Å². The van der Waals surface area contributed by atoms with Crippen LogP contribution in [-0.2, 0) is 14.4 Å². The molecule has 1 aromatic heterocycles. The summed E-state index contributed by atoms with van der Waals surface area (Å²) in [6.07, 6.45) is 3.08. The van der Waals surface area contributed by atoms with Crippen molar-refractivity contribution in [2.24, 2.45) is 5.16 Å². The molecule has 2 rings (SSSR count). The van der Waals surface area contributed by atoms with E-state index in [0.29, 0.717) is 13.1 Å². The fraction of sp³-hybridized carbons (Fsp3) is 0.500. The highest BCUT2D eigenvalue weighted by Crippen LogP contribution is 2.12. The number of nitrogen functional groups attached to an aromatic ring is 1. The zero-order chi connectivity index (χ0) is 15.2. The number of nitrogens with zero attached hydrogens (tertiary/aromatic N) is 3. The molecule has 1 aliphatic heterocycles. The highest BCUT2D eigenvalue weighted by molar-refractivity contribution is 7.13. The summed E-state index contributed by atoms with van der Waals surface area (Å²) in [6.45, 7) is 1.14. The van der Waals surface area contributed by atoms with E-state index >= 15 is 0 Å². The van der Waals surface area contributed by atoms with Crippen LogP contribution in [0.15, 0.2) is 10.5 Å². The lowest BCUT2D eigenvalue weighted by molar-refractivity contribution is -0.137. The Morgan fingerprint density at radius 2 is 2.14 bits per heavy atom. The van der Waals surface area contributed by atoms with E-state index in [-0.39, 0.29) is 29.1 Å². The molecule has 0 atom stereocenters. The molecule has 1 aliphatic rings. The monoisotopic (exact) mass is 312 g/mol. The molecule has 1 saturated heterocycles. The molecule has 0 radical (unpaired) electrons. The first-order chi connectivity index (χ1) is 10.1. The third kappa shape index (κ3) is 4.15. The van der Waals surface area contributed by atoms with Crippen LogP contribution in [0.25, 0.3) is 0 Å². The number of carbonyl (C=O) groups is 2. The van der Waals surface area contributed by atoms with Crippen LogP contribution in [0.4, 0.5) is 5.13 Å². The van der Waals surface area contributed by atoms with Crippen molar-refractivity contribution in [2.75, 3.05) is 25.4 Å². The largest absolute Gasteiger partial charge is 0.476 e. The Morgan fingerprint density at radius 1 is 1.43 bits per heavy atom. The standard InChI is InChI=1S/C12H16N4O4S/c13-12-14-8(7-21-12)10(11(18)19)15-20-6-9(17)16-4-2-1-3-5-16/h7H,1-6H2,(H2,13,14)(H,18,19)/b15-10+. The van der Waals surface area contributed by atoms with Gasteiger partial charge >= 0.3 is 5.97 Å². The van der Waals surface area contributed by atoms with E-state index in [1.807, 2.05) is 0 Å². The minimum atomic E-state index is -1.29. The van der Waals surface area contributed by atoms with Crippen molar-refractivity contribution in [1.82, 2.24) is 9.88 Å². The summed E-state index contributed by atoms with van der Waals surface area (Å²) in [6, 6.07) is 0. The Hall–Kier alpha value is -2.16. The molecule has 3 N–H and O–H groups in total. The van der Waals surface area contributed by atoms with Gasteiger partial charge in [0, 0.05) is 18.5 Å². The average molecular weight is 312 g/mol. The van der Waals surface area contributed by atoms with E-state index in [2.05, 4.69) is 10.1 Å². The van der Waals surface area contributed by atoms with Gasteiger partial charge in [-0.1, -0.05) is 5.16 Å². The fourth-order valence-electron chi connectivity index (χ4n) is 1.98. The van der Waals surface area contributed by atoms with Crippen molar-refractivity contribution in [1.29, 1.82) is 0 Å². The number of oxime groups is 1. The van der Waals surface area contributed by atoms with Crippen LogP contribution in [0.5, 0.6) is 0 Å². The van der Waals surface area contributed by atoms with Crippen molar-refractivity contribution < 1.29 is 19.5 Å². The second-order valence-electron chi connectivity index (χ2n) is 4.53. The van der Waals surface area contributed by atoms with E-state index in [4.69, 9.17) is 15.7 Å². The second kappa shape index (κ2) is 7.02. The molecule has 0 aliphatic carbocycles. The number of aromatic nitrogens is 1. The first-order valence-corrected chi connectivity index (χ1v) is 7.38. The number of carboxylic acids is 1. The number of piperidine rings is 1. The molecule has 0 spiro atoms. The highest BCUT2D eigenvalue weighted by atomic mass is 32.1. The summed E-state index contributed by atoms with van der Waals surface area (Å²) in [5.74, 6) is -1.48. The van der Waals surface area contributed by atoms with Gasteiger partial charge in [-0.2, -0.15) is 0 Å². The number of amides is 1. The van der Waals surface area contributed by atoms with Gasteiger partial charge in [-0.3, -0.25) is 4.79 Å². The van der Waals surface area contributed by atoms with E-state index in [9.17, 15) is 9.59 Å². The van der Waals surface area contributed by atoms with Gasteiger partial charge in [0.2, 0.25) is 5.71 Å². The number of thiazole rings is 1. The third-order valence-electron chi connectivity index (χ3n) is 3.02. The number of hydrogen-bond acceptors (Lipinski definition) is 7. The molecular formula is C12H16N4O4S. The third-order valence-corrected chi connectivity index (χ3v) is 3.69. The number of nitrogens with two attached hydrogens (primary N) is 1. The Morgan fingerprint density at radius 3 is 2.71 bits per heavy atom. The van der Waals surface area contributed by atoms with E-state index < -0.39 is 5.97 Å². The Balaban J connectivity index is 1.94. The Labute approximate surface area is 125 Å². The zero-order valence-electron chi connectivity index (χ0n) is 11.3. The van der Waals surface area contributed by atoms with Crippen molar-refractivity contribution >= 4 is 34.1 Å². The maximum absolute atomic E-state index is 11.8. The second-order valence-corrected chi connectivity index (χ2v) is 5.42. The Bertz CT molecular complexity index is 551. The van der Waals surface area contributed by atoms with Crippen LogP contribution < -0.4 is 5.73 Å². The number of likely N-dealkylation sites (tertiary alicyclic amines) is 1. The summed E-state index contributed by atoms with van der Waals surface area (Å²) < 4.78 is 0. The van der Waals surface area contributed by atoms with Crippen LogP contribution in [0.3, 0.4) is 0 Å². The van der Waals surface area contributed by atoms with Crippen LogP contribution in [0.2, 0.25) is 0 Å². The van der Waals surface area contributed by atoms with Gasteiger partial charge in [0.25, 0.3) is 5.91 Å². The van der Waals surface area contributed by atoms with Crippen LogP contribution in [0.1, 0.15) is 25.0 Å². The molecule has 1 amide bonds. The molecular weight excluding hydrogens is 296 g/mol. The molecule has 8 nitrogen and oxygen atoms in total. The summed E-state index contributed by atoms with van der Waals surface area (Å²) in [4.78, 5) is 33.3. The number of aliphatic carboxylic acids is 1. The number of carbonyl (C=O) groups excluding carboxylic acids is 1. The lowest BCUT2D eigenvalue weighted by Gasteiger charge is -2.25. The first-order valence-electron chi connectivity index (χ1n) is 6.50. The minimum Gasteiger partial charge on any atom is -0.476 e. The molecule has 9 heteroatoms. The van der Waals surface area contributed by atoms with Crippen LogP contribution >= 0.6 is 11.3 Å². The van der Waals surface area contributed by atoms with E-state index in [1.54, 1.807) is 4.90 Å². The molecule has 1 fully saturated rings. The van der Waals surface area contributed by atoms with E-state index in [1.165, 1.54) is 5.38 Å². The predicted molar refractivity (Wildman–Crippen MR) is 77.1 cm³/mol. The SMILES string of the molecule is Nc1nc(/C(=N\OCC(=O)N2CCCCC2)C(=O)O)cs1. The number of rotatable bonds is 5. The molecule has 0 unspecified atom stereocenters. The summed E-state index contributed by atoms with van der Waals surface area (Å²) in [5, 5.41) is 14.3. The van der Waals surface area contributed by atoms with Crippen LogP contribution in [0, 0.1) is 0 Å². The van der Waals surface area contributed by atoms with Gasteiger partial charge in [0.15, 0.2) is 11.7 Å². The first kappa shape index (κ1) is 15.2. The topological polar surface area (TPSA) is 118 Å². The lowest BCUT2D eigenvalue weighted by Crippen LogP contribution is -2.37. The summed E-state index contributed by atoms with van der Waals surface area (Å²) in [7, 11) is 0. The van der Waals surface area contributed by atoms with Crippen molar-refractivity contribution in [2.45, 2.75) is 19.3 Å². The molecule has 1 aromatic rings. The van der Waals surface area contributed by atoms with Gasteiger partial charge < -0.3 is 20.6 Å². The lowest BCUT2D eigenvalue weighted by atomic mass is 10.1. The zero-order valence-corrected chi connectivity index (χ0v) is 12.1. The summed E-state index contributed by atoms with van der Waals surface area (Å²) in [5.41, 5.74) is 5.20. The quantitative estimate of drug-likeness (QED) is 0.605. The molecule has 0 bridgehead atoms. The molecule has 21 heavy (non-hydrogen) atoms. The van der Waals surface area contributed by atoms with Gasteiger partial charge in [0.1, 0.15) is 5.69 Å². The maximum atomic E-state index is 11.8. The van der Waals surface area contributed by atoms with Gasteiger partial charge in [0.05, 0.1) is 0 Å². The molecule has 2 heterocycles. The van der Waals surface area contributed by atoms with Gasteiger partial charge in [-0.05, 0) is 19.3 Å². The predicted octanol–water partition coefficient (Wildman–Crippen LogP) is 0.543. The average Bonchev–Trinajstić information content (AvgIpc) is 2.90. The van der Waals surface area contributed by atoms with E-state index in [0.717, 1.165) is 30.6 Å². The summed E-state index contributed by atoms with van der Waals surface area (Å²) >= 11 is 1.10. The molecule has 114 valence electrons. The normalized spacial score (nSPS) is 15.8. The molecule has 0 saturated carbocycles. The molecule has 0 aromatic carbocycles. The maximum Gasteiger partial charge on any atom is 0.360 e. The number of carboxylic acid groups (broad SMARTS) is 1. The van der Waals surface area contributed by atoms with Crippen molar-refractivity contribution in [3.8, 4) is 0 Å². The fourth-order valence-corrected chi connectivity index (χ4v) is 2.53. The smallest absolute Gasteiger partial charge is 0.360 e.